The average molecular weight is 804 g/mol. The molecule has 12 nitrogen and oxygen atoms in total. The predicted octanol–water partition coefficient (Wildman–Crippen LogP) is 8.17. The van der Waals surface area contributed by atoms with Gasteiger partial charge in [0, 0.05) is 36.6 Å². The van der Waals surface area contributed by atoms with Gasteiger partial charge in [0.15, 0.2) is 0 Å². The Balaban J connectivity index is 1.51. The van der Waals surface area contributed by atoms with Crippen LogP contribution in [0.15, 0.2) is 73.8 Å². The van der Waals surface area contributed by atoms with Gasteiger partial charge in [-0.25, -0.2) is 37.4 Å². The lowest BCUT2D eigenvalue weighted by Crippen LogP contribution is -2.33. The minimum atomic E-state index is -0.0434. The Morgan fingerprint density at radius 3 is 1.18 bits per heavy atom. The molecule has 9 rings (SSSR count). The molecule has 0 aliphatic carbocycles. The first kappa shape index (κ1) is 39.1. The SMILES string of the molecule is CCN1C=CN(CC)C1c1c2nc(c(-c3n(CC)cc[n+]3CC)c3ccc([nH]3)c(-c3n(CC)cc[n+]3CC)c3nc(c(-c4n(CC)cc[n+]4CC)c4ccc1[nH]4)C=C3)C=C2. The lowest BCUT2D eigenvalue weighted by Gasteiger charge is -2.32. The van der Waals surface area contributed by atoms with E-state index < -0.39 is 0 Å². The van der Waals surface area contributed by atoms with Crippen molar-refractivity contribution in [2.24, 2.45) is 0 Å². The van der Waals surface area contributed by atoms with E-state index in [1.54, 1.807) is 0 Å². The number of aromatic amines is 2. The molecule has 8 bridgehead atoms. The number of hydrogen-bond donors (Lipinski definition) is 2. The summed E-state index contributed by atoms with van der Waals surface area (Å²) in [4.78, 5) is 24.1. The molecule has 60 heavy (non-hydrogen) atoms. The highest BCUT2D eigenvalue weighted by molar-refractivity contribution is 5.95. The van der Waals surface area contributed by atoms with Crippen molar-refractivity contribution >= 4 is 46.4 Å². The van der Waals surface area contributed by atoms with Gasteiger partial charge in [0.2, 0.25) is 0 Å². The summed E-state index contributed by atoms with van der Waals surface area (Å²) in [6.07, 6.45) is 26.4. The smallest absolute Gasteiger partial charge is 0.293 e. The van der Waals surface area contributed by atoms with Crippen LogP contribution in [-0.4, -0.2) is 56.5 Å². The molecule has 0 amide bonds. The van der Waals surface area contributed by atoms with Gasteiger partial charge in [-0.1, -0.05) is 0 Å². The van der Waals surface area contributed by atoms with Crippen LogP contribution in [0.4, 0.5) is 0 Å². The highest BCUT2D eigenvalue weighted by Crippen LogP contribution is 2.39. The standard InChI is InChI=1S/C48H58N12/c1-9-53-25-26-54(10-2)45(53)41-33-17-19-35(49-33)42(46-55(11-3)27-28-56(46)12-4)37-21-23-39(51-37)44(48-59(15-7)31-32-60(48)16-8)40-24-22-38(52-40)43(36-20-18-34(41)50-36)47-57(13-5)29-30-58(47)14-6/h17-32,45H,9-16H2,1-8H3,(H,49,50,51,52)/q+2/p+1. The van der Waals surface area contributed by atoms with Crippen molar-refractivity contribution in [2.75, 3.05) is 13.1 Å². The van der Waals surface area contributed by atoms with Gasteiger partial charge >= 0.3 is 0 Å². The Bertz CT molecular complexity index is 2720. The number of hydrogen-bond acceptors (Lipinski definition) is 4. The minimum Gasteiger partial charge on any atom is -0.354 e. The first-order chi connectivity index (χ1) is 29.4. The number of imidazole rings is 3. The number of H-pyrrole nitrogens is 2. The van der Waals surface area contributed by atoms with E-state index in [9.17, 15) is 0 Å². The van der Waals surface area contributed by atoms with Crippen molar-refractivity contribution in [3.8, 4) is 34.2 Å². The largest absolute Gasteiger partial charge is 0.354 e. The monoisotopic (exact) mass is 803 g/mol. The van der Waals surface area contributed by atoms with E-state index in [-0.39, 0.29) is 6.17 Å². The number of aryl methyl sites for hydroxylation is 6. The first-order valence-corrected chi connectivity index (χ1v) is 22.0. The summed E-state index contributed by atoms with van der Waals surface area (Å²) < 4.78 is 14.0. The molecule has 3 aliphatic heterocycles. The summed E-state index contributed by atoms with van der Waals surface area (Å²) in [5.74, 6) is 3.35. The third kappa shape index (κ3) is 6.22. The van der Waals surface area contributed by atoms with Gasteiger partial charge in [-0.2, -0.15) is 0 Å². The molecule has 0 spiro atoms. The quantitative estimate of drug-likeness (QED) is 0.122. The van der Waals surface area contributed by atoms with Crippen molar-refractivity contribution in [3.05, 3.63) is 102 Å². The van der Waals surface area contributed by atoms with E-state index in [2.05, 4.69) is 201 Å². The lowest BCUT2D eigenvalue weighted by molar-refractivity contribution is -0.682. The summed E-state index contributed by atoms with van der Waals surface area (Å²) in [6.45, 7) is 24.4. The summed E-state index contributed by atoms with van der Waals surface area (Å²) in [5.41, 5.74) is 12.1. The second-order valence-electron chi connectivity index (χ2n) is 15.5. The van der Waals surface area contributed by atoms with Crippen LogP contribution in [0.2, 0.25) is 0 Å². The first-order valence-electron chi connectivity index (χ1n) is 22.0. The molecular formula is C48H59N12+3. The normalized spacial score (nSPS) is 13.9. The van der Waals surface area contributed by atoms with E-state index in [1.807, 2.05) is 0 Å². The van der Waals surface area contributed by atoms with Crippen molar-refractivity contribution in [3.63, 3.8) is 0 Å². The van der Waals surface area contributed by atoms with Gasteiger partial charge in [-0.3, -0.25) is 0 Å². The van der Waals surface area contributed by atoms with Crippen LogP contribution in [0.5, 0.6) is 0 Å². The van der Waals surface area contributed by atoms with Crippen molar-refractivity contribution in [1.82, 2.24) is 43.4 Å². The van der Waals surface area contributed by atoms with E-state index in [4.69, 9.17) is 9.97 Å². The van der Waals surface area contributed by atoms with Crippen LogP contribution >= 0.6 is 0 Å². The van der Waals surface area contributed by atoms with Gasteiger partial charge in [-0.15, -0.1) is 0 Å². The van der Waals surface area contributed by atoms with Gasteiger partial charge in [0.1, 0.15) is 60.0 Å². The summed E-state index contributed by atoms with van der Waals surface area (Å²) in [5, 5.41) is 0. The predicted molar refractivity (Wildman–Crippen MR) is 240 cm³/mol. The maximum absolute atomic E-state index is 5.65. The Labute approximate surface area is 352 Å². The Morgan fingerprint density at radius 1 is 0.467 bits per heavy atom. The topological polar surface area (TPSA) is 90.3 Å². The van der Waals surface area contributed by atoms with Crippen molar-refractivity contribution < 1.29 is 13.7 Å². The molecule has 0 saturated heterocycles. The van der Waals surface area contributed by atoms with Crippen molar-refractivity contribution in [2.45, 2.75) is 101 Å². The fourth-order valence-corrected chi connectivity index (χ4v) is 9.41. The molecule has 6 aromatic heterocycles. The lowest BCUT2D eigenvalue weighted by atomic mass is 10.1. The highest BCUT2D eigenvalue weighted by atomic mass is 15.4. The summed E-state index contributed by atoms with van der Waals surface area (Å²) in [6, 6.07) is 8.96. The van der Waals surface area contributed by atoms with E-state index >= 15 is 0 Å². The third-order valence-electron chi connectivity index (χ3n) is 12.5. The maximum atomic E-state index is 5.65. The summed E-state index contributed by atoms with van der Waals surface area (Å²) >= 11 is 0. The molecule has 308 valence electrons. The van der Waals surface area contributed by atoms with Gasteiger partial charge in [-0.05, 0) is 104 Å². The third-order valence-corrected chi connectivity index (χ3v) is 12.5. The molecule has 0 unspecified atom stereocenters. The van der Waals surface area contributed by atoms with Crippen LogP contribution in [-0.2, 0) is 39.3 Å². The van der Waals surface area contributed by atoms with Gasteiger partial charge < -0.3 is 19.8 Å². The molecule has 9 heterocycles. The zero-order valence-electron chi connectivity index (χ0n) is 36.4. The number of aromatic nitrogens is 10. The second kappa shape index (κ2) is 16.0. The molecule has 6 aromatic rings. The number of fused-ring (bicyclic) bond motifs is 8. The van der Waals surface area contributed by atoms with Crippen molar-refractivity contribution in [1.29, 1.82) is 0 Å². The second-order valence-corrected chi connectivity index (χ2v) is 15.5. The van der Waals surface area contributed by atoms with Crippen LogP contribution in [0.25, 0.3) is 80.5 Å². The Kier molecular flexibility index (Phi) is 10.4. The molecule has 2 N–H and O–H groups in total. The molecule has 3 aliphatic rings. The average Bonchev–Trinajstić information content (AvgIpc) is 4.13. The molecular weight excluding hydrogens is 745 g/mol. The van der Waals surface area contributed by atoms with Crippen LogP contribution in [0.3, 0.4) is 0 Å². The molecule has 0 aromatic carbocycles. The van der Waals surface area contributed by atoms with Gasteiger partial charge in [0.25, 0.3) is 17.5 Å². The highest BCUT2D eigenvalue weighted by Gasteiger charge is 2.33. The fourth-order valence-electron chi connectivity index (χ4n) is 9.41. The van der Waals surface area contributed by atoms with Crippen LogP contribution < -0.4 is 13.7 Å². The van der Waals surface area contributed by atoms with E-state index in [0.717, 1.165) is 137 Å². The molecule has 0 atom stereocenters. The number of nitrogens with zero attached hydrogens (tertiary/aromatic N) is 10. The number of nitrogens with one attached hydrogen (secondary N) is 2. The number of rotatable bonds is 12. The zero-order chi connectivity index (χ0) is 41.7. The summed E-state index contributed by atoms with van der Waals surface area (Å²) in [7, 11) is 0. The minimum absolute atomic E-state index is 0.0434. The molecule has 12 heteroatoms. The fraction of sp³-hybridized carbons (Fsp3) is 0.354. The molecule has 0 saturated carbocycles. The Morgan fingerprint density at radius 2 is 0.817 bits per heavy atom. The molecule has 0 radical (unpaired) electrons. The van der Waals surface area contributed by atoms with E-state index in [0.29, 0.717) is 0 Å². The Hall–Kier alpha value is -6.43. The molecule has 0 fully saturated rings. The van der Waals surface area contributed by atoms with Gasteiger partial charge in [0.05, 0.1) is 78.6 Å². The van der Waals surface area contributed by atoms with E-state index in [1.165, 1.54) is 0 Å². The maximum Gasteiger partial charge on any atom is 0.293 e. The zero-order valence-corrected chi connectivity index (χ0v) is 36.4. The van der Waals surface area contributed by atoms with Crippen LogP contribution in [0.1, 0.15) is 89.9 Å². The van der Waals surface area contributed by atoms with Crippen LogP contribution in [0, 0.1) is 0 Å².